The molecule has 1 aliphatic rings. The monoisotopic (exact) mass is 209 g/mol. The minimum absolute atomic E-state index is 0.0839. The van der Waals surface area contributed by atoms with E-state index in [2.05, 4.69) is 5.32 Å². The molecule has 0 unspecified atom stereocenters. The molecule has 0 atom stereocenters. The molecule has 2 heteroatoms. The van der Waals surface area contributed by atoms with Gasteiger partial charge in [0.15, 0.2) is 0 Å². The first-order chi connectivity index (χ1) is 7.18. The van der Waals surface area contributed by atoms with E-state index in [9.17, 15) is 4.79 Å². The van der Waals surface area contributed by atoms with Crippen LogP contribution in [0.2, 0.25) is 0 Å². The fourth-order valence-electron chi connectivity index (χ4n) is 2.11. The van der Waals surface area contributed by atoms with Crippen molar-refractivity contribution in [2.45, 2.75) is 64.8 Å². The van der Waals surface area contributed by atoms with E-state index in [0.29, 0.717) is 6.04 Å². The van der Waals surface area contributed by atoms with Gasteiger partial charge >= 0.3 is 0 Å². The predicted molar refractivity (Wildman–Crippen MR) is 63.7 cm³/mol. The van der Waals surface area contributed by atoms with Crippen molar-refractivity contribution in [2.75, 3.05) is 0 Å². The largest absolute Gasteiger partial charge is 0.350 e. The van der Waals surface area contributed by atoms with E-state index < -0.39 is 0 Å². The molecule has 0 saturated heterocycles. The smallest absolute Gasteiger partial charge is 0.244 e. The summed E-state index contributed by atoms with van der Waals surface area (Å²) >= 11 is 0. The Morgan fingerprint density at radius 3 is 2.13 bits per heavy atom. The van der Waals surface area contributed by atoms with Crippen LogP contribution in [0.3, 0.4) is 0 Å². The normalized spacial score (nSPS) is 18.8. The number of amides is 1. The zero-order valence-corrected chi connectivity index (χ0v) is 10.0. The molecular formula is C13H23NO. The van der Waals surface area contributed by atoms with E-state index in [-0.39, 0.29) is 5.91 Å². The predicted octanol–water partition coefficient (Wildman–Crippen LogP) is 3.18. The molecule has 0 radical (unpaired) electrons. The topological polar surface area (TPSA) is 29.1 Å². The summed E-state index contributed by atoms with van der Waals surface area (Å²) in [6, 6.07) is 0.411. The molecule has 2 nitrogen and oxygen atoms in total. The van der Waals surface area contributed by atoms with E-state index >= 15 is 0 Å². The lowest BCUT2D eigenvalue weighted by Gasteiger charge is -2.20. The highest BCUT2D eigenvalue weighted by molar-refractivity contribution is 5.88. The van der Waals surface area contributed by atoms with Crippen molar-refractivity contribution in [3.05, 3.63) is 11.6 Å². The second kappa shape index (κ2) is 6.65. The van der Waals surface area contributed by atoms with E-state index in [1.165, 1.54) is 32.1 Å². The summed E-state index contributed by atoms with van der Waals surface area (Å²) in [6.45, 7) is 3.91. The highest BCUT2D eigenvalue weighted by Crippen LogP contribution is 2.16. The Labute approximate surface area is 93.1 Å². The van der Waals surface area contributed by atoms with Crippen LogP contribution in [0.5, 0.6) is 0 Å². The lowest BCUT2D eigenvalue weighted by Crippen LogP contribution is -2.34. The minimum atomic E-state index is 0.0839. The number of nitrogens with one attached hydrogen (secondary N) is 1. The van der Waals surface area contributed by atoms with Crippen LogP contribution in [0.4, 0.5) is 0 Å². The Morgan fingerprint density at radius 1 is 1.07 bits per heavy atom. The van der Waals surface area contributed by atoms with Crippen LogP contribution in [0, 0.1) is 0 Å². The Balaban J connectivity index is 2.34. The number of carbonyl (C=O) groups excluding carboxylic acids is 1. The summed E-state index contributed by atoms with van der Waals surface area (Å²) in [5.74, 6) is 0.0839. The molecule has 1 aliphatic carbocycles. The van der Waals surface area contributed by atoms with Crippen molar-refractivity contribution >= 4 is 5.91 Å². The average molecular weight is 209 g/mol. The summed E-state index contributed by atoms with van der Waals surface area (Å²) in [5, 5.41) is 3.10. The molecular weight excluding hydrogens is 186 g/mol. The molecule has 0 spiro atoms. The van der Waals surface area contributed by atoms with Gasteiger partial charge in [0.2, 0.25) is 5.91 Å². The lowest BCUT2D eigenvalue weighted by atomic mass is 9.97. The molecule has 0 bridgehead atoms. The quantitative estimate of drug-likeness (QED) is 0.695. The number of allylic oxidation sites excluding steroid dienone is 1. The zero-order chi connectivity index (χ0) is 11.1. The van der Waals surface area contributed by atoms with E-state index in [1.54, 1.807) is 6.08 Å². The first-order valence-electron chi connectivity index (χ1n) is 6.14. The molecule has 15 heavy (non-hydrogen) atoms. The third-order valence-corrected chi connectivity index (χ3v) is 2.87. The van der Waals surface area contributed by atoms with Gasteiger partial charge in [0, 0.05) is 12.1 Å². The molecule has 1 amide bonds. The second-order valence-corrected chi connectivity index (χ2v) is 4.77. The van der Waals surface area contributed by atoms with E-state index in [1.807, 2.05) is 13.8 Å². The average Bonchev–Trinajstić information content (AvgIpc) is 2.08. The van der Waals surface area contributed by atoms with Gasteiger partial charge in [0.05, 0.1) is 0 Å². The Kier molecular flexibility index (Phi) is 5.44. The molecule has 1 rings (SSSR count). The highest BCUT2D eigenvalue weighted by Gasteiger charge is 2.12. The van der Waals surface area contributed by atoms with Crippen molar-refractivity contribution in [1.29, 1.82) is 0 Å². The van der Waals surface area contributed by atoms with Crippen LogP contribution in [-0.4, -0.2) is 11.9 Å². The highest BCUT2D eigenvalue weighted by atomic mass is 16.1. The van der Waals surface area contributed by atoms with Gasteiger partial charge < -0.3 is 5.32 Å². The minimum Gasteiger partial charge on any atom is -0.350 e. The summed E-state index contributed by atoms with van der Waals surface area (Å²) in [4.78, 5) is 11.5. The van der Waals surface area contributed by atoms with Gasteiger partial charge in [-0.15, -0.1) is 0 Å². The number of hydrogen-bond acceptors (Lipinski definition) is 1. The van der Waals surface area contributed by atoms with Crippen molar-refractivity contribution < 1.29 is 4.79 Å². The molecule has 1 saturated carbocycles. The maximum absolute atomic E-state index is 11.5. The molecule has 0 aliphatic heterocycles. The fourth-order valence-corrected chi connectivity index (χ4v) is 2.11. The van der Waals surface area contributed by atoms with E-state index in [0.717, 1.165) is 18.4 Å². The summed E-state index contributed by atoms with van der Waals surface area (Å²) in [6.07, 6.45) is 10.6. The van der Waals surface area contributed by atoms with Crippen molar-refractivity contribution in [1.82, 2.24) is 5.32 Å². The summed E-state index contributed by atoms with van der Waals surface area (Å²) in [5.41, 5.74) is 1.07. The molecule has 1 fully saturated rings. The van der Waals surface area contributed by atoms with Gasteiger partial charge in [-0.25, -0.2) is 0 Å². The lowest BCUT2D eigenvalue weighted by molar-refractivity contribution is -0.117. The van der Waals surface area contributed by atoms with Crippen molar-refractivity contribution in [3.8, 4) is 0 Å². The third kappa shape index (κ3) is 5.60. The van der Waals surface area contributed by atoms with Crippen LogP contribution < -0.4 is 5.32 Å². The molecule has 86 valence electrons. The van der Waals surface area contributed by atoms with Gasteiger partial charge in [-0.1, -0.05) is 37.7 Å². The standard InChI is InChI=1S/C13H23NO/c1-11(2)10-13(15)14-12-8-6-4-3-5-7-9-12/h10,12H,3-9H2,1-2H3,(H,14,15). The van der Waals surface area contributed by atoms with Gasteiger partial charge in [0.1, 0.15) is 0 Å². The van der Waals surface area contributed by atoms with Crippen LogP contribution in [0.1, 0.15) is 58.8 Å². The Hall–Kier alpha value is -0.790. The number of rotatable bonds is 2. The van der Waals surface area contributed by atoms with Crippen LogP contribution in [0.25, 0.3) is 0 Å². The van der Waals surface area contributed by atoms with Crippen molar-refractivity contribution in [2.24, 2.45) is 0 Å². The van der Waals surface area contributed by atoms with Gasteiger partial charge in [-0.3, -0.25) is 4.79 Å². The number of hydrogen-bond donors (Lipinski definition) is 1. The summed E-state index contributed by atoms with van der Waals surface area (Å²) in [7, 11) is 0. The summed E-state index contributed by atoms with van der Waals surface area (Å²) < 4.78 is 0. The van der Waals surface area contributed by atoms with Crippen LogP contribution in [-0.2, 0) is 4.79 Å². The second-order valence-electron chi connectivity index (χ2n) is 4.77. The Bertz CT molecular complexity index is 221. The van der Waals surface area contributed by atoms with Crippen LogP contribution >= 0.6 is 0 Å². The first-order valence-corrected chi connectivity index (χ1v) is 6.14. The molecule has 0 heterocycles. The van der Waals surface area contributed by atoms with E-state index in [4.69, 9.17) is 0 Å². The van der Waals surface area contributed by atoms with Gasteiger partial charge in [-0.05, 0) is 26.7 Å². The maximum atomic E-state index is 11.5. The SMILES string of the molecule is CC(C)=CC(=O)NC1CCCCCCC1. The van der Waals surface area contributed by atoms with Gasteiger partial charge in [-0.2, -0.15) is 0 Å². The first kappa shape index (κ1) is 12.3. The Morgan fingerprint density at radius 2 is 1.60 bits per heavy atom. The van der Waals surface area contributed by atoms with Crippen molar-refractivity contribution in [3.63, 3.8) is 0 Å². The third-order valence-electron chi connectivity index (χ3n) is 2.87. The fraction of sp³-hybridized carbons (Fsp3) is 0.769. The van der Waals surface area contributed by atoms with Crippen LogP contribution in [0.15, 0.2) is 11.6 Å². The van der Waals surface area contributed by atoms with Gasteiger partial charge in [0.25, 0.3) is 0 Å². The zero-order valence-electron chi connectivity index (χ0n) is 10.0. The molecule has 1 N–H and O–H groups in total. The molecule has 0 aromatic carbocycles. The molecule has 0 aromatic rings. The number of carbonyl (C=O) groups is 1. The maximum Gasteiger partial charge on any atom is 0.244 e. The molecule has 0 aromatic heterocycles.